The second kappa shape index (κ2) is 7.05. The molecule has 1 spiro atoms. The quantitative estimate of drug-likeness (QED) is 0.782. The summed E-state index contributed by atoms with van der Waals surface area (Å²) in [5.41, 5.74) is 0.106. The highest BCUT2D eigenvalue weighted by atomic mass is 16.5. The van der Waals surface area contributed by atoms with Crippen molar-refractivity contribution in [2.24, 2.45) is 7.05 Å². The van der Waals surface area contributed by atoms with E-state index in [-0.39, 0.29) is 5.91 Å². The molecular weight excluding hydrogens is 334 g/mol. The van der Waals surface area contributed by atoms with Crippen LogP contribution in [0.1, 0.15) is 10.5 Å². The monoisotopic (exact) mass is 357 g/mol. The van der Waals surface area contributed by atoms with E-state index in [2.05, 4.69) is 14.9 Å². The van der Waals surface area contributed by atoms with Crippen molar-refractivity contribution >= 4 is 11.9 Å². The van der Waals surface area contributed by atoms with E-state index in [1.54, 1.807) is 18.5 Å². The number of carbonyl (C=O) groups is 1. The lowest BCUT2D eigenvalue weighted by Crippen LogP contribution is -2.60. The van der Waals surface area contributed by atoms with Gasteiger partial charge < -0.3 is 23.8 Å². The van der Waals surface area contributed by atoms with Gasteiger partial charge in [0.1, 0.15) is 11.3 Å². The molecule has 2 saturated heterocycles. The zero-order valence-corrected chi connectivity index (χ0v) is 14.9. The van der Waals surface area contributed by atoms with Crippen LogP contribution in [0.25, 0.3) is 0 Å². The van der Waals surface area contributed by atoms with Gasteiger partial charge >= 0.3 is 0 Å². The van der Waals surface area contributed by atoms with Crippen LogP contribution in [0.2, 0.25) is 0 Å². The average Bonchev–Trinajstić information content (AvgIpc) is 3.00. The standard InChI is InChI=1S/C18H23N5O3/c1-21-7-2-4-15(21)16(24)22-9-11-26-18(12-22)13-23(8-10-25-14-18)17-19-5-3-6-20-17/h2-7H,8-14H2,1H3/t18-/m0/s1. The lowest BCUT2D eigenvalue weighted by atomic mass is 10.0. The third-order valence-corrected chi connectivity index (χ3v) is 4.88. The van der Waals surface area contributed by atoms with E-state index in [0.29, 0.717) is 57.6 Å². The Morgan fingerprint density at radius 2 is 2.00 bits per heavy atom. The van der Waals surface area contributed by atoms with Crippen LogP contribution in [-0.2, 0) is 16.5 Å². The Morgan fingerprint density at radius 3 is 2.77 bits per heavy atom. The first kappa shape index (κ1) is 17.0. The molecule has 2 fully saturated rings. The first-order chi connectivity index (χ1) is 12.7. The molecule has 138 valence electrons. The molecule has 1 amide bonds. The third-order valence-electron chi connectivity index (χ3n) is 4.88. The zero-order valence-electron chi connectivity index (χ0n) is 14.9. The Hall–Kier alpha value is -2.45. The molecule has 0 aliphatic carbocycles. The van der Waals surface area contributed by atoms with E-state index < -0.39 is 5.60 Å². The van der Waals surface area contributed by atoms with Gasteiger partial charge in [-0.05, 0) is 18.2 Å². The fourth-order valence-corrected chi connectivity index (χ4v) is 3.58. The number of anilines is 1. The molecule has 0 saturated carbocycles. The van der Waals surface area contributed by atoms with E-state index >= 15 is 0 Å². The number of rotatable bonds is 2. The van der Waals surface area contributed by atoms with Crippen molar-refractivity contribution in [1.29, 1.82) is 0 Å². The van der Waals surface area contributed by atoms with Crippen LogP contribution in [0.15, 0.2) is 36.8 Å². The van der Waals surface area contributed by atoms with Crippen molar-refractivity contribution < 1.29 is 14.3 Å². The average molecular weight is 357 g/mol. The fraction of sp³-hybridized carbons (Fsp3) is 0.500. The van der Waals surface area contributed by atoms with Gasteiger partial charge in [-0.15, -0.1) is 0 Å². The molecule has 2 aliphatic heterocycles. The van der Waals surface area contributed by atoms with Crippen molar-refractivity contribution in [3.63, 3.8) is 0 Å². The molecule has 0 bridgehead atoms. The minimum Gasteiger partial charge on any atom is -0.376 e. The van der Waals surface area contributed by atoms with Crippen molar-refractivity contribution in [2.45, 2.75) is 5.60 Å². The van der Waals surface area contributed by atoms with Crippen LogP contribution >= 0.6 is 0 Å². The van der Waals surface area contributed by atoms with Crippen LogP contribution in [0.4, 0.5) is 5.95 Å². The summed E-state index contributed by atoms with van der Waals surface area (Å²) in [5, 5.41) is 0. The highest BCUT2D eigenvalue weighted by Crippen LogP contribution is 2.25. The molecule has 2 aromatic rings. The summed E-state index contributed by atoms with van der Waals surface area (Å²) in [6.07, 6.45) is 5.34. The van der Waals surface area contributed by atoms with Crippen LogP contribution < -0.4 is 4.90 Å². The number of hydrogen-bond acceptors (Lipinski definition) is 6. The maximum absolute atomic E-state index is 12.9. The van der Waals surface area contributed by atoms with Crippen LogP contribution in [0.3, 0.4) is 0 Å². The molecule has 4 rings (SSSR count). The second-order valence-electron chi connectivity index (χ2n) is 6.79. The minimum absolute atomic E-state index is 0.0203. The zero-order chi connectivity index (χ0) is 18.0. The van der Waals surface area contributed by atoms with E-state index in [1.165, 1.54) is 0 Å². The molecule has 1 atom stereocenters. The highest BCUT2D eigenvalue weighted by molar-refractivity contribution is 5.92. The third kappa shape index (κ3) is 3.30. The summed E-state index contributed by atoms with van der Waals surface area (Å²) in [6.45, 7) is 3.87. The van der Waals surface area contributed by atoms with E-state index in [0.717, 1.165) is 0 Å². The number of morpholine rings is 1. The minimum atomic E-state index is -0.575. The topological polar surface area (TPSA) is 72.7 Å². The Bertz CT molecular complexity index is 765. The van der Waals surface area contributed by atoms with E-state index in [9.17, 15) is 4.79 Å². The molecule has 0 radical (unpaired) electrons. The lowest BCUT2D eigenvalue weighted by Gasteiger charge is -2.43. The Balaban J connectivity index is 1.54. The summed E-state index contributed by atoms with van der Waals surface area (Å²) >= 11 is 0. The number of aryl methyl sites for hydroxylation is 1. The van der Waals surface area contributed by atoms with Gasteiger partial charge in [0.2, 0.25) is 5.95 Å². The number of carbonyl (C=O) groups excluding carboxylic acids is 1. The van der Waals surface area contributed by atoms with Crippen molar-refractivity contribution in [1.82, 2.24) is 19.4 Å². The molecule has 2 aromatic heterocycles. The largest absolute Gasteiger partial charge is 0.376 e. The van der Waals surface area contributed by atoms with Gasteiger partial charge in [-0.25, -0.2) is 9.97 Å². The molecule has 4 heterocycles. The maximum Gasteiger partial charge on any atom is 0.270 e. The van der Waals surface area contributed by atoms with Crippen LogP contribution in [0.5, 0.6) is 0 Å². The number of aromatic nitrogens is 3. The molecule has 8 heteroatoms. The molecule has 2 aliphatic rings. The van der Waals surface area contributed by atoms with Crippen molar-refractivity contribution in [3.05, 3.63) is 42.5 Å². The Morgan fingerprint density at radius 1 is 1.15 bits per heavy atom. The summed E-state index contributed by atoms with van der Waals surface area (Å²) in [7, 11) is 1.88. The Labute approximate surface area is 152 Å². The molecule has 26 heavy (non-hydrogen) atoms. The van der Waals surface area contributed by atoms with Crippen LogP contribution in [0, 0.1) is 0 Å². The molecule has 0 aromatic carbocycles. The molecule has 8 nitrogen and oxygen atoms in total. The van der Waals surface area contributed by atoms with Gasteiger partial charge in [-0.2, -0.15) is 0 Å². The van der Waals surface area contributed by atoms with E-state index in [4.69, 9.17) is 9.47 Å². The summed E-state index contributed by atoms with van der Waals surface area (Å²) < 4.78 is 13.8. The van der Waals surface area contributed by atoms with Gasteiger partial charge in [0.15, 0.2) is 0 Å². The lowest BCUT2D eigenvalue weighted by molar-refractivity contribution is -0.124. The predicted molar refractivity (Wildman–Crippen MR) is 95.1 cm³/mol. The van der Waals surface area contributed by atoms with E-state index in [1.807, 2.05) is 34.8 Å². The normalized spacial score (nSPS) is 23.9. The highest BCUT2D eigenvalue weighted by Gasteiger charge is 2.42. The number of hydrogen-bond donors (Lipinski definition) is 0. The second-order valence-corrected chi connectivity index (χ2v) is 6.79. The van der Waals surface area contributed by atoms with Gasteiger partial charge in [-0.1, -0.05) is 0 Å². The first-order valence-electron chi connectivity index (χ1n) is 8.81. The van der Waals surface area contributed by atoms with Gasteiger partial charge in [-0.3, -0.25) is 4.79 Å². The van der Waals surface area contributed by atoms with Gasteiger partial charge in [0.05, 0.1) is 32.9 Å². The molecular formula is C18H23N5O3. The fourth-order valence-electron chi connectivity index (χ4n) is 3.58. The summed E-state index contributed by atoms with van der Waals surface area (Å²) in [4.78, 5) is 25.5. The van der Waals surface area contributed by atoms with Gasteiger partial charge in [0, 0.05) is 38.7 Å². The maximum atomic E-state index is 12.9. The molecule has 0 N–H and O–H groups in total. The van der Waals surface area contributed by atoms with Crippen molar-refractivity contribution in [2.75, 3.05) is 50.9 Å². The Kier molecular flexibility index (Phi) is 4.60. The predicted octanol–water partition coefficient (Wildman–Crippen LogP) is 0.563. The summed E-state index contributed by atoms with van der Waals surface area (Å²) in [6, 6.07) is 5.52. The SMILES string of the molecule is Cn1cccc1C(=O)N1CCO[C@@]2(COCCN(c3ncccn3)C2)C1. The first-order valence-corrected chi connectivity index (χ1v) is 8.81. The number of ether oxygens (including phenoxy) is 2. The number of nitrogens with zero attached hydrogens (tertiary/aromatic N) is 5. The van der Waals surface area contributed by atoms with Crippen molar-refractivity contribution in [3.8, 4) is 0 Å². The smallest absolute Gasteiger partial charge is 0.270 e. The van der Waals surface area contributed by atoms with Gasteiger partial charge in [0.25, 0.3) is 5.91 Å². The molecule has 0 unspecified atom stereocenters. The summed E-state index contributed by atoms with van der Waals surface area (Å²) in [5.74, 6) is 0.679. The number of amides is 1. The van der Waals surface area contributed by atoms with Crippen LogP contribution in [-0.4, -0.2) is 76.9 Å².